The summed E-state index contributed by atoms with van der Waals surface area (Å²) in [6, 6.07) is 0. The number of hydrogen-bond donors (Lipinski definition) is 2. The highest BCUT2D eigenvalue weighted by atomic mass is 127. The van der Waals surface area contributed by atoms with E-state index in [1.165, 1.54) is 11.3 Å². The largest absolute Gasteiger partial charge is 0.379 e. The van der Waals surface area contributed by atoms with Crippen LogP contribution >= 0.6 is 24.0 Å². The van der Waals surface area contributed by atoms with Crippen LogP contribution in [0.15, 0.2) is 4.99 Å². The lowest BCUT2D eigenvalue weighted by atomic mass is 10.1. The lowest BCUT2D eigenvalue weighted by Crippen LogP contribution is -2.44. The minimum atomic E-state index is 0. The zero-order valence-corrected chi connectivity index (χ0v) is 22.1. The number of rotatable bonds is 10. The molecule has 9 nitrogen and oxygen atoms in total. The van der Waals surface area contributed by atoms with Crippen LogP contribution in [0.1, 0.15) is 37.2 Å². The first-order chi connectivity index (χ1) is 14.5. The molecule has 1 aromatic rings. The Morgan fingerprint density at radius 1 is 1.19 bits per heavy atom. The van der Waals surface area contributed by atoms with Crippen LogP contribution in [0.5, 0.6) is 0 Å². The smallest absolute Gasteiger partial charge is 0.241 e. The highest BCUT2D eigenvalue weighted by molar-refractivity contribution is 14.0. The van der Waals surface area contributed by atoms with Gasteiger partial charge in [0, 0.05) is 52.0 Å². The van der Waals surface area contributed by atoms with Gasteiger partial charge in [0.05, 0.1) is 32.0 Å². The molecule has 1 aromatic heterocycles. The summed E-state index contributed by atoms with van der Waals surface area (Å²) in [5.41, 5.74) is 3.50. The van der Waals surface area contributed by atoms with Gasteiger partial charge in [0.2, 0.25) is 5.91 Å². The number of likely N-dealkylation sites (N-methyl/N-ethyl adjacent to an activating group) is 1. The SMILES string of the molecule is CCc1nn(C)c(CC)c1CN=C(NCCCN1CCOCC1)NCC(=O)N(C)C.I. The van der Waals surface area contributed by atoms with Crippen LogP contribution < -0.4 is 10.6 Å². The molecule has 1 fully saturated rings. The van der Waals surface area contributed by atoms with Crippen molar-refractivity contribution < 1.29 is 9.53 Å². The van der Waals surface area contributed by atoms with Gasteiger partial charge in [-0.05, 0) is 25.8 Å². The summed E-state index contributed by atoms with van der Waals surface area (Å²) in [5.74, 6) is 0.683. The number of carbonyl (C=O) groups is 1. The molecule has 0 radical (unpaired) electrons. The number of amides is 1. The van der Waals surface area contributed by atoms with Crippen molar-refractivity contribution in [1.82, 2.24) is 30.2 Å². The van der Waals surface area contributed by atoms with Gasteiger partial charge < -0.3 is 20.3 Å². The Kier molecular flexibility index (Phi) is 13.0. The first kappa shape index (κ1) is 27.6. The highest BCUT2D eigenvalue weighted by Crippen LogP contribution is 2.16. The number of nitrogens with one attached hydrogen (secondary N) is 2. The molecule has 2 rings (SSSR count). The van der Waals surface area contributed by atoms with Crippen molar-refractivity contribution in [2.45, 2.75) is 39.7 Å². The first-order valence-electron chi connectivity index (χ1n) is 11.0. The molecule has 0 saturated carbocycles. The Balaban J connectivity index is 0.00000480. The molecular formula is C21H40IN7O2. The average Bonchev–Trinajstić information content (AvgIpc) is 3.07. The normalized spacial score (nSPS) is 14.8. The molecule has 1 amide bonds. The van der Waals surface area contributed by atoms with Crippen molar-refractivity contribution >= 4 is 35.8 Å². The predicted molar refractivity (Wildman–Crippen MR) is 135 cm³/mol. The Morgan fingerprint density at radius 2 is 1.90 bits per heavy atom. The standard InChI is InChI=1S/C21H39N7O2.HI/c1-6-18-17(19(7-2)27(5)25-18)15-23-21(24-16-20(29)26(3)4)22-9-8-10-28-11-13-30-14-12-28;/h6-16H2,1-5H3,(H2,22,23,24);1H. The van der Waals surface area contributed by atoms with Crippen LogP contribution in [0.3, 0.4) is 0 Å². The topological polar surface area (TPSA) is 87.0 Å². The maximum Gasteiger partial charge on any atom is 0.241 e. The molecule has 178 valence electrons. The summed E-state index contributed by atoms with van der Waals surface area (Å²) < 4.78 is 7.36. The molecule has 2 heterocycles. The van der Waals surface area contributed by atoms with Gasteiger partial charge in [-0.3, -0.25) is 14.4 Å². The fourth-order valence-corrected chi connectivity index (χ4v) is 3.56. The summed E-state index contributed by atoms with van der Waals surface area (Å²) in [6.45, 7) is 10.5. The third kappa shape index (κ3) is 8.93. The molecule has 1 saturated heterocycles. The van der Waals surface area contributed by atoms with Crippen LogP contribution in [0.25, 0.3) is 0 Å². The number of nitrogens with zero attached hydrogens (tertiary/aromatic N) is 5. The number of aliphatic imine (C=N–C) groups is 1. The van der Waals surface area contributed by atoms with E-state index in [4.69, 9.17) is 9.73 Å². The number of guanidine groups is 1. The number of morpholine rings is 1. The summed E-state index contributed by atoms with van der Waals surface area (Å²) in [4.78, 5) is 20.8. The van der Waals surface area contributed by atoms with Gasteiger partial charge >= 0.3 is 0 Å². The van der Waals surface area contributed by atoms with Crippen molar-refractivity contribution in [3.63, 3.8) is 0 Å². The minimum Gasteiger partial charge on any atom is -0.379 e. The number of halogens is 1. The van der Waals surface area contributed by atoms with Gasteiger partial charge in [0.1, 0.15) is 0 Å². The van der Waals surface area contributed by atoms with Crippen molar-refractivity contribution in [2.75, 3.05) is 60.0 Å². The van der Waals surface area contributed by atoms with Gasteiger partial charge in [-0.2, -0.15) is 5.10 Å². The monoisotopic (exact) mass is 549 g/mol. The summed E-state index contributed by atoms with van der Waals surface area (Å²) in [7, 11) is 5.50. The molecule has 1 aliphatic heterocycles. The van der Waals surface area contributed by atoms with E-state index in [0.29, 0.717) is 12.5 Å². The zero-order valence-electron chi connectivity index (χ0n) is 19.7. The lowest BCUT2D eigenvalue weighted by molar-refractivity contribution is -0.127. The molecular weight excluding hydrogens is 509 g/mol. The minimum absolute atomic E-state index is 0. The molecule has 0 aliphatic carbocycles. The van der Waals surface area contributed by atoms with Crippen molar-refractivity contribution in [3.05, 3.63) is 17.0 Å². The van der Waals surface area contributed by atoms with Gasteiger partial charge in [0.25, 0.3) is 0 Å². The molecule has 1 aliphatic rings. The molecule has 2 N–H and O–H groups in total. The lowest BCUT2D eigenvalue weighted by Gasteiger charge is -2.26. The van der Waals surface area contributed by atoms with Gasteiger partial charge in [-0.15, -0.1) is 24.0 Å². The highest BCUT2D eigenvalue weighted by Gasteiger charge is 2.14. The van der Waals surface area contributed by atoms with Gasteiger partial charge in [-0.1, -0.05) is 13.8 Å². The summed E-state index contributed by atoms with van der Waals surface area (Å²) >= 11 is 0. The Hall–Kier alpha value is -1.40. The second kappa shape index (κ2) is 14.6. The fourth-order valence-electron chi connectivity index (χ4n) is 3.56. The van der Waals surface area contributed by atoms with Crippen LogP contribution in [0.2, 0.25) is 0 Å². The van der Waals surface area contributed by atoms with Gasteiger partial charge in [-0.25, -0.2) is 4.99 Å². The first-order valence-corrected chi connectivity index (χ1v) is 11.0. The number of hydrogen-bond acceptors (Lipinski definition) is 5. The Bertz CT molecular complexity index is 700. The fraction of sp³-hybridized carbons (Fsp3) is 0.762. The Labute approximate surface area is 204 Å². The van der Waals surface area contributed by atoms with Crippen LogP contribution in [-0.4, -0.2) is 91.5 Å². The number of carbonyl (C=O) groups excluding carboxylic acids is 1. The van der Waals surface area contributed by atoms with Crippen LogP contribution in [0, 0.1) is 0 Å². The van der Waals surface area contributed by atoms with E-state index in [2.05, 4.69) is 34.5 Å². The van der Waals surface area contributed by atoms with E-state index in [1.807, 2.05) is 11.7 Å². The number of ether oxygens (including phenoxy) is 1. The summed E-state index contributed by atoms with van der Waals surface area (Å²) in [5, 5.41) is 11.2. The van der Waals surface area contributed by atoms with E-state index in [-0.39, 0.29) is 36.4 Å². The molecule has 31 heavy (non-hydrogen) atoms. The molecule has 0 unspecified atom stereocenters. The van der Waals surface area contributed by atoms with Crippen molar-refractivity contribution in [3.8, 4) is 0 Å². The molecule has 0 aromatic carbocycles. The Morgan fingerprint density at radius 3 is 2.52 bits per heavy atom. The molecule has 10 heteroatoms. The molecule has 0 atom stereocenters. The van der Waals surface area contributed by atoms with E-state index < -0.39 is 0 Å². The quantitative estimate of drug-likeness (QED) is 0.196. The average molecular weight is 550 g/mol. The summed E-state index contributed by atoms with van der Waals surface area (Å²) in [6.07, 6.45) is 2.81. The zero-order chi connectivity index (χ0) is 21.9. The maximum absolute atomic E-state index is 12.0. The van der Waals surface area contributed by atoms with E-state index >= 15 is 0 Å². The van der Waals surface area contributed by atoms with E-state index in [0.717, 1.165) is 64.3 Å². The predicted octanol–water partition coefficient (Wildman–Crippen LogP) is 1.01. The van der Waals surface area contributed by atoms with Crippen LogP contribution in [0.4, 0.5) is 0 Å². The van der Waals surface area contributed by atoms with Crippen molar-refractivity contribution in [1.29, 1.82) is 0 Å². The van der Waals surface area contributed by atoms with E-state index in [1.54, 1.807) is 19.0 Å². The number of aryl methyl sites for hydroxylation is 2. The second-order valence-corrected chi connectivity index (χ2v) is 7.74. The maximum atomic E-state index is 12.0. The van der Waals surface area contributed by atoms with Crippen LogP contribution in [-0.2, 0) is 36.0 Å². The third-order valence-corrected chi connectivity index (χ3v) is 5.38. The van der Waals surface area contributed by atoms with Gasteiger partial charge in [0.15, 0.2) is 5.96 Å². The number of aromatic nitrogens is 2. The molecule has 0 bridgehead atoms. The van der Waals surface area contributed by atoms with E-state index in [9.17, 15) is 4.79 Å². The second-order valence-electron chi connectivity index (χ2n) is 7.74. The molecule has 0 spiro atoms. The third-order valence-electron chi connectivity index (χ3n) is 5.38. The van der Waals surface area contributed by atoms with Crippen molar-refractivity contribution in [2.24, 2.45) is 12.0 Å².